The highest BCUT2D eigenvalue weighted by atomic mass is 16.2. The first kappa shape index (κ1) is 18.7. The van der Waals surface area contributed by atoms with Crippen molar-refractivity contribution in [2.45, 2.75) is 58.8 Å². The quantitative estimate of drug-likeness (QED) is 0.521. The molecule has 134 valence electrons. The van der Waals surface area contributed by atoms with E-state index in [1.807, 2.05) is 12.2 Å². The Balaban J connectivity index is 1.75. The Labute approximate surface area is 144 Å². The second kappa shape index (κ2) is 9.00. The number of carbonyl (C=O) groups excluding carboxylic acids is 3. The van der Waals surface area contributed by atoms with Crippen molar-refractivity contribution >= 4 is 17.7 Å². The minimum Gasteiger partial charge on any atom is -0.356 e. The summed E-state index contributed by atoms with van der Waals surface area (Å²) in [5.41, 5.74) is 0. The van der Waals surface area contributed by atoms with Crippen LogP contribution in [0.15, 0.2) is 12.2 Å². The van der Waals surface area contributed by atoms with Crippen LogP contribution in [0.3, 0.4) is 0 Å². The van der Waals surface area contributed by atoms with Crippen molar-refractivity contribution in [1.82, 2.24) is 10.2 Å². The van der Waals surface area contributed by atoms with Gasteiger partial charge >= 0.3 is 0 Å². The summed E-state index contributed by atoms with van der Waals surface area (Å²) in [7, 11) is 0. The lowest BCUT2D eigenvalue weighted by Gasteiger charge is -2.17. The first-order valence-corrected chi connectivity index (χ1v) is 9.35. The highest BCUT2D eigenvalue weighted by molar-refractivity contribution is 6.05. The number of allylic oxidation sites excluding steroid dienone is 2. The molecular formula is C19H30N2O3. The predicted molar refractivity (Wildman–Crippen MR) is 93.0 cm³/mol. The van der Waals surface area contributed by atoms with Gasteiger partial charge in [-0.3, -0.25) is 19.3 Å². The minimum absolute atomic E-state index is 0.0708. The molecule has 3 atom stereocenters. The lowest BCUT2D eigenvalue weighted by atomic mass is 9.85. The molecule has 0 aromatic rings. The SMILES string of the molecule is CCCC[C@@H](CC)CNC(=O)CCN1C(=O)[C@H]2CC=CC[C@H]2C1=O. The number of unbranched alkanes of at least 4 members (excludes halogenated alkanes) is 1. The van der Waals surface area contributed by atoms with E-state index >= 15 is 0 Å². The molecule has 0 bridgehead atoms. The van der Waals surface area contributed by atoms with Gasteiger partial charge in [0, 0.05) is 19.5 Å². The zero-order valence-electron chi connectivity index (χ0n) is 14.9. The normalized spacial score (nSPS) is 24.2. The number of nitrogens with one attached hydrogen (secondary N) is 1. The van der Waals surface area contributed by atoms with Gasteiger partial charge in [0.05, 0.1) is 11.8 Å². The molecule has 0 unspecified atom stereocenters. The van der Waals surface area contributed by atoms with Crippen molar-refractivity contribution in [3.8, 4) is 0 Å². The maximum absolute atomic E-state index is 12.3. The third-order valence-electron chi connectivity index (χ3n) is 5.29. The Kier molecular flexibility index (Phi) is 7.00. The topological polar surface area (TPSA) is 66.5 Å². The van der Waals surface area contributed by atoms with Crippen LogP contribution in [0, 0.1) is 17.8 Å². The van der Waals surface area contributed by atoms with Gasteiger partial charge in [-0.1, -0.05) is 45.3 Å². The summed E-state index contributed by atoms with van der Waals surface area (Å²) in [4.78, 5) is 38.0. The van der Waals surface area contributed by atoms with Gasteiger partial charge in [0.15, 0.2) is 0 Å². The number of imide groups is 1. The van der Waals surface area contributed by atoms with Crippen LogP contribution < -0.4 is 5.32 Å². The number of likely N-dealkylation sites (tertiary alicyclic amines) is 1. The summed E-state index contributed by atoms with van der Waals surface area (Å²) in [6.45, 7) is 5.21. The standard InChI is InChI=1S/C19H30N2O3/c1-3-5-8-14(4-2)13-20-17(22)11-12-21-18(23)15-9-6-7-10-16(15)19(21)24/h6-7,14-16H,3-5,8-13H2,1-2H3,(H,20,22)/t14-,15-,16+/m1/s1. The van der Waals surface area contributed by atoms with Crippen molar-refractivity contribution < 1.29 is 14.4 Å². The molecule has 2 rings (SSSR count). The Bertz CT molecular complexity index is 475. The minimum atomic E-state index is -0.205. The van der Waals surface area contributed by atoms with Crippen LogP contribution in [-0.4, -0.2) is 35.7 Å². The summed E-state index contributed by atoms with van der Waals surface area (Å²) in [5, 5.41) is 2.96. The monoisotopic (exact) mass is 334 g/mol. The number of carbonyl (C=O) groups is 3. The molecule has 0 aromatic carbocycles. The maximum Gasteiger partial charge on any atom is 0.233 e. The van der Waals surface area contributed by atoms with E-state index in [1.165, 1.54) is 17.7 Å². The number of hydrogen-bond donors (Lipinski definition) is 1. The average Bonchev–Trinajstić information content (AvgIpc) is 2.84. The van der Waals surface area contributed by atoms with Crippen molar-refractivity contribution in [1.29, 1.82) is 0 Å². The Morgan fingerprint density at radius 3 is 2.38 bits per heavy atom. The van der Waals surface area contributed by atoms with Crippen LogP contribution in [0.25, 0.3) is 0 Å². The summed E-state index contributed by atoms with van der Waals surface area (Å²) in [5.74, 6) is -0.169. The molecule has 3 amide bonds. The molecule has 0 aromatic heterocycles. The van der Waals surface area contributed by atoms with Crippen LogP contribution in [0.5, 0.6) is 0 Å². The molecular weight excluding hydrogens is 304 g/mol. The van der Waals surface area contributed by atoms with Crippen molar-refractivity contribution in [3.63, 3.8) is 0 Å². The second-order valence-electron chi connectivity index (χ2n) is 6.95. The summed E-state index contributed by atoms with van der Waals surface area (Å²) >= 11 is 0. The highest BCUT2D eigenvalue weighted by Gasteiger charge is 2.46. The summed E-state index contributed by atoms with van der Waals surface area (Å²) in [6, 6.07) is 0. The van der Waals surface area contributed by atoms with Crippen LogP contribution in [0.4, 0.5) is 0 Å². The second-order valence-corrected chi connectivity index (χ2v) is 6.95. The van der Waals surface area contributed by atoms with E-state index in [4.69, 9.17) is 0 Å². The smallest absolute Gasteiger partial charge is 0.233 e. The molecule has 0 saturated carbocycles. The van der Waals surface area contributed by atoms with Gasteiger partial charge < -0.3 is 5.32 Å². The van der Waals surface area contributed by atoms with Crippen LogP contribution in [0.1, 0.15) is 58.8 Å². The zero-order chi connectivity index (χ0) is 17.5. The van der Waals surface area contributed by atoms with Crippen LogP contribution in [-0.2, 0) is 14.4 Å². The third kappa shape index (κ3) is 4.46. The first-order chi connectivity index (χ1) is 11.6. The van der Waals surface area contributed by atoms with Crippen LogP contribution in [0.2, 0.25) is 0 Å². The lowest BCUT2D eigenvalue weighted by molar-refractivity contribution is -0.140. The van der Waals surface area contributed by atoms with Gasteiger partial charge in [0.1, 0.15) is 0 Å². The van der Waals surface area contributed by atoms with E-state index < -0.39 is 0 Å². The van der Waals surface area contributed by atoms with Gasteiger partial charge in [-0.05, 0) is 25.2 Å². The fourth-order valence-electron chi connectivity index (χ4n) is 3.59. The molecule has 5 heteroatoms. The van der Waals surface area contributed by atoms with E-state index in [0.717, 1.165) is 12.8 Å². The number of fused-ring (bicyclic) bond motifs is 1. The molecule has 1 aliphatic heterocycles. The molecule has 1 saturated heterocycles. The van der Waals surface area contributed by atoms with E-state index in [9.17, 15) is 14.4 Å². The number of nitrogens with zero attached hydrogens (tertiary/aromatic N) is 1. The number of amides is 3. The maximum atomic E-state index is 12.3. The fourth-order valence-corrected chi connectivity index (χ4v) is 3.59. The number of rotatable bonds is 9. The Morgan fingerprint density at radius 1 is 1.21 bits per heavy atom. The Hall–Kier alpha value is -1.65. The number of hydrogen-bond acceptors (Lipinski definition) is 3. The third-order valence-corrected chi connectivity index (χ3v) is 5.29. The zero-order valence-corrected chi connectivity index (χ0v) is 14.9. The van der Waals surface area contributed by atoms with Gasteiger partial charge in [0.2, 0.25) is 17.7 Å². The summed E-state index contributed by atoms with van der Waals surface area (Å²) < 4.78 is 0. The van der Waals surface area contributed by atoms with E-state index in [0.29, 0.717) is 25.3 Å². The molecule has 1 fully saturated rings. The molecule has 1 N–H and O–H groups in total. The van der Waals surface area contributed by atoms with Gasteiger partial charge in [-0.15, -0.1) is 0 Å². The van der Waals surface area contributed by atoms with Gasteiger partial charge in [-0.2, -0.15) is 0 Å². The largest absolute Gasteiger partial charge is 0.356 e. The van der Waals surface area contributed by atoms with E-state index in [2.05, 4.69) is 19.2 Å². The van der Waals surface area contributed by atoms with Gasteiger partial charge in [0.25, 0.3) is 0 Å². The van der Waals surface area contributed by atoms with Crippen LogP contribution >= 0.6 is 0 Å². The van der Waals surface area contributed by atoms with E-state index in [-0.39, 0.29) is 42.5 Å². The fraction of sp³-hybridized carbons (Fsp3) is 0.737. The van der Waals surface area contributed by atoms with E-state index in [1.54, 1.807) is 0 Å². The Morgan fingerprint density at radius 2 is 1.83 bits per heavy atom. The van der Waals surface area contributed by atoms with Gasteiger partial charge in [-0.25, -0.2) is 0 Å². The highest BCUT2D eigenvalue weighted by Crippen LogP contribution is 2.34. The molecule has 5 nitrogen and oxygen atoms in total. The summed E-state index contributed by atoms with van der Waals surface area (Å²) in [6.07, 6.45) is 9.98. The lowest BCUT2D eigenvalue weighted by Crippen LogP contribution is -2.36. The van der Waals surface area contributed by atoms with Crippen molar-refractivity contribution in [2.75, 3.05) is 13.1 Å². The predicted octanol–water partition coefficient (Wildman–Crippen LogP) is 2.66. The average molecular weight is 334 g/mol. The molecule has 24 heavy (non-hydrogen) atoms. The first-order valence-electron chi connectivity index (χ1n) is 9.35. The van der Waals surface area contributed by atoms with Crippen molar-refractivity contribution in [2.24, 2.45) is 17.8 Å². The molecule has 0 radical (unpaired) electrons. The van der Waals surface area contributed by atoms with Crippen molar-refractivity contribution in [3.05, 3.63) is 12.2 Å². The molecule has 1 aliphatic carbocycles. The molecule has 1 heterocycles. The molecule has 0 spiro atoms. The molecule has 2 aliphatic rings.